The summed E-state index contributed by atoms with van der Waals surface area (Å²) in [4.78, 5) is 4.72. The highest BCUT2D eigenvalue weighted by Crippen LogP contribution is 2.32. The Morgan fingerprint density at radius 2 is 1.96 bits per heavy atom. The van der Waals surface area contributed by atoms with Crippen LogP contribution in [0.15, 0.2) is 24.3 Å². The van der Waals surface area contributed by atoms with E-state index in [9.17, 15) is 0 Å². The number of rotatable bonds is 8. The average Bonchev–Trinajstić information content (AvgIpc) is 3.01. The molecule has 0 unspecified atom stereocenters. The standard InChI is InChI=1S/C20H32N2O3/c1-21(2)12-13-24-15-18-8-9-19-20(25-18)10-11-22(19)14-16-4-6-17(23-3)7-5-16/h4-7,18-20H,8-15H2,1-3H3/t18-,19-,20-/m0/s1. The molecule has 2 heterocycles. The van der Waals surface area contributed by atoms with Gasteiger partial charge in [0.1, 0.15) is 5.75 Å². The molecule has 0 N–H and O–H groups in total. The second-order valence-electron chi connectivity index (χ2n) is 7.43. The molecule has 0 amide bonds. The normalized spacial score (nSPS) is 26.8. The van der Waals surface area contributed by atoms with E-state index < -0.39 is 0 Å². The van der Waals surface area contributed by atoms with Crippen LogP contribution in [0.1, 0.15) is 24.8 Å². The summed E-state index contributed by atoms with van der Waals surface area (Å²) < 4.78 is 17.3. The lowest BCUT2D eigenvalue weighted by molar-refractivity contribution is -0.100. The van der Waals surface area contributed by atoms with Crippen molar-refractivity contribution >= 4 is 0 Å². The van der Waals surface area contributed by atoms with Crippen LogP contribution in [-0.4, -0.2) is 75.6 Å². The van der Waals surface area contributed by atoms with E-state index in [2.05, 4.69) is 36.0 Å². The van der Waals surface area contributed by atoms with Crippen LogP contribution in [0.3, 0.4) is 0 Å². The van der Waals surface area contributed by atoms with Crippen LogP contribution in [0, 0.1) is 0 Å². The van der Waals surface area contributed by atoms with Gasteiger partial charge < -0.3 is 19.1 Å². The Bertz CT molecular complexity index is 520. The fourth-order valence-electron chi connectivity index (χ4n) is 3.83. The first-order chi connectivity index (χ1) is 12.2. The van der Waals surface area contributed by atoms with E-state index in [1.165, 1.54) is 12.0 Å². The van der Waals surface area contributed by atoms with Crippen molar-refractivity contribution in [3.8, 4) is 5.75 Å². The van der Waals surface area contributed by atoms with E-state index >= 15 is 0 Å². The monoisotopic (exact) mass is 348 g/mol. The van der Waals surface area contributed by atoms with Gasteiger partial charge in [0.2, 0.25) is 0 Å². The van der Waals surface area contributed by atoms with Gasteiger partial charge >= 0.3 is 0 Å². The van der Waals surface area contributed by atoms with E-state index in [-0.39, 0.29) is 6.10 Å². The van der Waals surface area contributed by atoms with Gasteiger partial charge in [-0.25, -0.2) is 0 Å². The Morgan fingerprint density at radius 3 is 2.68 bits per heavy atom. The summed E-state index contributed by atoms with van der Waals surface area (Å²) in [5.74, 6) is 0.918. The molecule has 2 saturated heterocycles. The van der Waals surface area contributed by atoms with Crippen LogP contribution in [0.25, 0.3) is 0 Å². The summed E-state index contributed by atoms with van der Waals surface area (Å²) in [5, 5.41) is 0. The Morgan fingerprint density at radius 1 is 1.16 bits per heavy atom. The maximum atomic E-state index is 6.32. The SMILES string of the molecule is COc1ccc(CN2CC[C@@H]3O[C@H](COCCN(C)C)CC[C@@H]32)cc1. The van der Waals surface area contributed by atoms with E-state index in [1.807, 2.05) is 12.1 Å². The lowest BCUT2D eigenvalue weighted by atomic mass is 9.99. The molecule has 1 aromatic carbocycles. The second-order valence-corrected chi connectivity index (χ2v) is 7.43. The zero-order valence-corrected chi connectivity index (χ0v) is 15.8. The number of methoxy groups -OCH3 is 1. The van der Waals surface area contributed by atoms with E-state index in [0.717, 1.165) is 51.4 Å². The third-order valence-corrected chi connectivity index (χ3v) is 5.28. The van der Waals surface area contributed by atoms with Crippen LogP contribution in [0.2, 0.25) is 0 Å². The van der Waals surface area contributed by atoms with Crippen molar-refractivity contribution in [1.82, 2.24) is 9.80 Å². The van der Waals surface area contributed by atoms with Crippen molar-refractivity contribution in [2.45, 2.75) is 44.1 Å². The van der Waals surface area contributed by atoms with E-state index in [1.54, 1.807) is 7.11 Å². The lowest BCUT2D eigenvalue weighted by Gasteiger charge is -2.36. The highest BCUT2D eigenvalue weighted by Gasteiger charge is 2.39. The fourth-order valence-corrected chi connectivity index (χ4v) is 3.83. The van der Waals surface area contributed by atoms with Gasteiger partial charge in [-0.1, -0.05) is 12.1 Å². The van der Waals surface area contributed by atoms with Crippen molar-refractivity contribution < 1.29 is 14.2 Å². The highest BCUT2D eigenvalue weighted by atomic mass is 16.5. The predicted octanol–water partition coefficient (Wildman–Crippen LogP) is 2.40. The molecular weight excluding hydrogens is 316 g/mol. The second kappa shape index (κ2) is 8.99. The molecule has 0 saturated carbocycles. The Kier molecular flexibility index (Phi) is 6.70. The number of nitrogens with zero attached hydrogens (tertiary/aromatic N) is 2. The van der Waals surface area contributed by atoms with Gasteiger partial charge in [-0.3, -0.25) is 4.90 Å². The molecule has 2 fully saturated rings. The smallest absolute Gasteiger partial charge is 0.118 e. The number of ether oxygens (including phenoxy) is 3. The Hall–Kier alpha value is -1.14. The number of likely N-dealkylation sites (N-methyl/N-ethyl adjacent to an activating group) is 1. The first-order valence-electron chi connectivity index (χ1n) is 9.40. The largest absolute Gasteiger partial charge is 0.497 e. The summed E-state index contributed by atoms with van der Waals surface area (Å²) >= 11 is 0. The van der Waals surface area contributed by atoms with Crippen LogP contribution in [0.4, 0.5) is 0 Å². The summed E-state index contributed by atoms with van der Waals surface area (Å²) in [5.41, 5.74) is 1.34. The highest BCUT2D eigenvalue weighted by molar-refractivity contribution is 5.27. The number of hydrogen-bond donors (Lipinski definition) is 0. The molecule has 3 rings (SSSR count). The van der Waals surface area contributed by atoms with Gasteiger partial charge in [0.15, 0.2) is 0 Å². The van der Waals surface area contributed by atoms with E-state index in [0.29, 0.717) is 12.1 Å². The topological polar surface area (TPSA) is 34.2 Å². The molecular formula is C20H32N2O3. The molecule has 0 aromatic heterocycles. The van der Waals surface area contributed by atoms with E-state index in [4.69, 9.17) is 14.2 Å². The molecule has 0 aliphatic carbocycles. The van der Waals surface area contributed by atoms with Crippen LogP contribution < -0.4 is 4.74 Å². The zero-order valence-electron chi connectivity index (χ0n) is 15.8. The number of fused-ring (bicyclic) bond motifs is 1. The Balaban J connectivity index is 1.44. The third-order valence-electron chi connectivity index (χ3n) is 5.28. The molecule has 5 heteroatoms. The predicted molar refractivity (Wildman–Crippen MR) is 99.1 cm³/mol. The molecule has 2 aliphatic heterocycles. The molecule has 0 spiro atoms. The molecule has 0 bridgehead atoms. The van der Waals surface area contributed by atoms with Crippen LogP contribution in [-0.2, 0) is 16.0 Å². The summed E-state index contributed by atoms with van der Waals surface area (Å²) in [6, 6.07) is 8.97. The number of likely N-dealkylation sites (tertiary alicyclic amines) is 1. The van der Waals surface area contributed by atoms with Crippen molar-refractivity contribution in [3.63, 3.8) is 0 Å². The molecule has 1 aromatic rings. The minimum Gasteiger partial charge on any atom is -0.497 e. The third kappa shape index (κ3) is 5.17. The van der Waals surface area contributed by atoms with Crippen molar-refractivity contribution in [1.29, 1.82) is 0 Å². The maximum Gasteiger partial charge on any atom is 0.118 e. The molecule has 3 atom stereocenters. The molecule has 0 radical (unpaired) electrons. The molecule has 25 heavy (non-hydrogen) atoms. The average molecular weight is 348 g/mol. The Labute approximate surface area is 151 Å². The van der Waals surface area contributed by atoms with Gasteiger partial charge in [-0.2, -0.15) is 0 Å². The van der Waals surface area contributed by atoms with Gasteiger partial charge in [0.05, 0.1) is 32.5 Å². The first kappa shape index (κ1) is 18.6. The molecule has 5 nitrogen and oxygen atoms in total. The number of hydrogen-bond acceptors (Lipinski definition) is 5. The minimum absolute atomic E-state index is 0.268. The van der Waals surface area contributed by atoms with Gasteiger partial charge in [-0.05, 0) is 51.1 Å². The van der Waals surface area contributed by atoms with Crippen LogP contribution >= 0.6 is 0 Å². The number of benzene rings is 1. The van der Waals surface area contributed by atoms with Crippen molar-refractivity contribution in [3.05, 3.63) is 29.8 Å². The summed E-state index contributed by atoms with van der Waals surface area (Å²) in [7, 11) is 5.85. The van der Waals surface area contributed by atoms with Gasteiger partial charge in [0.25, 0.3) is 0 Å². The lowest BCUT2D eigenvalue weighted by Crippen LogP contribution is -2.43. The summed E-state index contributed by atoms with van der Waals surface area (Å²) in [6.07, 6.45) is 4.08. The first-order valence-corrected chi connectivity index (χ1v) is 9.40. The quantitative estimate of drug-likeness (QED) is 0.674. The fraction of sp³-hybridized carbons (Fsp3) is 0.700. The minimum atomic E-state index is 0.268. The van der Waals surface area contributed by atoms with Crippen molar-refractivity contribution in [2.75, 3.05) is 47.5 Å². The maximum absolute atomic E-state index is 6.32. The summed E-state index contributed by atoms with van der Waals surface area (Å²) in [6.45, 7) is 4.60. The molecule has 140 valence electrons. The van der Waals surface area contributed by atoms with Crippen molar-refractivity contribution in [2.24, 2.45) is 0 Å². The zero-order chi connectivity index (χ0) is 17.6. The van der Waals surface area contributed by atoms with Gasteiger partial charge in [-0.15, -0.1) is 0 Å². The van der Waals surface area contributed by atoms with Crippen LogP contribution in [0.5, 0.6) is 5.75 Å². The van der Waals surface area contributed by atoms with Gasteiger partial charge in [0, 0.05) is 25.7 Å². The molecule has 2 aliphatic rings.